The van der Waals surface area contributed by atoms with Crippen LogP contribution in [0, 0.1) is 0 Å². The van der Waals surface area contributed by atoms with Crippen molar-refractivity contribution in [2.75, 3.05) is 13.1 Å². The molecule has 0 radical (unpaired) electrons. The van der Waals surface area contributed by atoms with Gasteiger partial charge in [-0.2, -0.15) is 0 Å². The van der Waals surface area contributed by atoms with Gasteiger partial charge in [0.05, 0.1) is 10.5 Å². The van der Waals surface area contributed by atoms with E-state index in [2.05, 4.69) is 0 Å². The van der Waals surface area contributed by atoms with Crippen molar-refractivity contribution in [2.24, 2.45) is 0 Å². The van der Waals surface area contributed by atoms with Crippen molar-refractivity contribution in [1.82, 2.24) is 4.90 Å². The summed E-state index contributed by atoms with van der Waals surface area (Å²) in [4.78, 5) is 15.3. The van der Waals surface area contributed by atoms with Crippen molar-refractivity contribution in [2.45, 2.75) is 25.4 Å². The maximum Gasteiger partial charge on any atom is 0.264 e. The number of hydrogen-bond acceptors (Lipinski definition) is 3. The molecule has 3 rings (SSSR count). The predicted molar refractivity (Wildman–Crippen MR) is 85.5 cm³/mol. The van der Waals surface area contributed by atoms with E-state index in [9.17, 15) is 9.90 Å². The Morgan fingerprint density at radius 1 is 1.29 bits per heavy atom. The molecule has 0 bridgehead atoms. The zero-order valence-electron chi connectivity index (χ0n) is 12.1. The fourth-order valence-electron chi connectivity index (χ4n) is 2.86. The van der Waals surface area contributed by atoms with E-state index in [0.29, 0.717) is 6.54 Å². The van der Waals surface area contributed by atoms with Crippen LogP contribution >= 0.6 is 11.3 Å². The fraction of sp³-hybridized carbons (Fsp3) is 0.353. The molecule has 3 nitrogen and oxygen atoms in total. The molecule has 4 heteroatoms. The van der Waals surface area contributed by atoms with E-state index in [0.717, 1.165) is 35.4 Å². The summed E-state index contributed by atoms with van der Waals surface area (Å²) >= 11 is 1.47. The van der Waals surface area contributed by atoms with Gasteiger partial charge in [-0.25, -0.2) is 0 Å². The van der Waals surface area contributed by atoms with E-state index in [1.165, 1.54) is 11.3 Å². The van der Waals surface area contributed by atoms with Gasteiger partial charge in [0.2, 0.25) is 0 Å². The maximum atomic E-state index is 12.8. The Morgan fingerprint density at radius 3 is 2.76 bits per heavy atom. The molecular weight excluding hydrogens is 282 g/mol. The van der Waals surface area contributed by atoms with Gasteiger partial charge < -0.3 is 10.0 Å². The highest BCUT2D eigenvalue weighted by Crippen LogP contribution is 2.31. The molecule has 1 aromatic heterocycles. The van der Waals surface area contributed by atoms with Crippen molar-refractivity contribution >= 4 is 17.2 Å². The monoisotopic (exact) mass is 301 g/mol. The molecule has 21 heavy (non-hydrogen) atoms. The topological polar surface area (TPSA) is 40.5 Å². The molecule has 0 saturated carbocycles. The number of carbonyl (C=O) groups excluding carboxylic acids is 1. The third kappa shape index (κ3) is 3.01. The molecule has 1 aliphatic rings. The SMILES string of the molecule is CC1(O)CCCN(C(=O)c2sccc2-c2ccccc2)C1. The van der Waals surface area contributed by atoms with Crippen LogP contribution in [0.15, 0.2) is 41.8 Å². The smallest absolute Gasteiger partial charge is 0.264 e. The molecular formula is C17H19NO2S. The number of hydrogen-bond donors (Lipinski definition) is 1. The molecule has 1 aromatic carbocycles. The predicted octanol–water partition coefficient (Wildman–Crippen LogP) is 3.40. The summed E-state index contributed by atoms with van der Waals surface area (Å²) < 4.78 is 0. The normalized spacial score (nSPS) is 22.3. The van der Waals surface area contributed by atoms with Gasteiger partial charge in [0.15, 0.2) is 0 Å². The van der Waals surface area contributed by atoms with Crippen LogP contribution in [0.25, 0.3) is 11.1 Å². The second-order valence-electron chi connectivity index (χ2n) is 5.86. The number of rotatable bonds is 2. The van der Waals surface area contributed by atoms with Crippen molar-refractivity contribution in [3.63, 3.8) is 0 Å². The van der Waals surface area contributed by atoms with E-state index in [1.54, 1.807) is 11.8 Å². The van der Waals surface area contributed by atoms with Crippen LogP contribution in [-0.4, -0.2) is 34.6 Å². The fourth-order valence-corrected chi connectivity index (χ4v) is 3.74. The molecule has 0 aliphatic carbocycles. The zero-order valence-corrected chi connectivity index (χ0v) is 12.9. The molecule has 1 aliphatic heterocycles. The van der Waals surface area contributed by atoms with Gasteiger partial charge in [-0.1, -0.05) is 30.3 Å². The number of benzene rings is 1. The highest BCUT2D eigenvalue weighted by atomic mass is 32.1. The first-order valence-electron chi connectivity index (χ1n) is 7.21. The van der Waals surface area contributed by atoms with Crippen LogP contribution in [0.2, 0.25) is 0 Å². The van der Waals surface area contributed by atoms with Gasteiger partial charge in [0, 0.05) is 18.7 Å². The molecule has 1 fully saturated rings. The second kappa shape index (κ2) is 5.62. The molecule has 1 atom stereocenters. The summed E-state index contributed by atoms with van der Waals surface area (Å²) in [7, 11) is 0. The van der Waals surface area contributed by atoms with Gasteiger partial charge in [0.25, 0.3) is 5.91 Å². The Balaban J connectivity index is 1.88. The minimum absolute atomic E-state index is 0.0313. The van der Waals surface area contributed by atoms with E-state index >= 15 is 0 Å². The number of nitrogens with zero attached hydrogens (tertiary/aromatic N) is 1. The van der Waals surface area contributed by atoms with E-state index in [1.807, 2.05) is 41.8 Å². The van der Waals surface area contributed by atoms with Gasteiger partial charge in [-0.05, 0) is 36.8 Å². The van der Waals surface area contributed by atoms with Crippen molar-refractivity contribution < 1.29 is 9.90 Å². The highest BCUT2D eigenvalue weighted by Gasteiger charge is 2.32. The Hall–Kier alpha value is -1.65. The quantitative estimate of drug-likeness (QED) is 0.923. The molecule has 1 saturated heterocycles. The standard InChI is InChI=1S/C17H19NO2S/c1-17(20)9-5-10-18(12-17)16(19)15-14(8-11-21-15)13-6-3-2-4-7-13/h2-4,6-8,11,20H,5,9-10,12H2,1H3. The van der Waals surface area contributed by atoms with Gasteiger partial charge in [-0.3, -0.25) is 4.79 Å². The minimum atomic E-state index is -0.766. The number of amides is 1. The number of piperidine rings is 1. The van der Waals surface area contributed by atoms with Crippen LogP contribution in [0.3, 0.4) is 0 Å². The molecule has 110 valence electrons. The first kappa shape index (κ1) is 14.3. The van der Waals surface area contributed by atoms with E-state index in [-0.39, 0.29) is 5.91 Å². The molecule has 1 N–H and O–H groups in total. The van der Waals surface area contributed by atoms with Gasteiger partial charge in [0.1, 0.15) is 0 Å². The van der Waals surface area contributed by atoms with Crippen molar-refractivity contribution in [1.29, 1.82) is 0 Å². The number of likely N-dealkylation sites (tertiary alicyclic amines) is 1. The van der Waals surface area contributed by atoms with Crippen LogP contribution < -0.4 is 0 Å². The third-order valence-electron chi connectivity index (χ3n) is 3.91. The molecule has 2 aromatic rings. The Morgan fingerprint density at radius 2 is 2.05 bits per heavy atom. The first-order chi connectivity index (χ1) is 10.1. The van der Waals surface area contributed by atoms with Crippen molar-refractivity contribution in [3.05, 3.63) is 46.7 Å². The van der Waals surface area contributed by atoms with Crippen LogP contribution in [-0.2, 0) is 0 Å². The Bertz CT molecular complexity index is 633. The third-order valence-corrected chi connectivity index (χ3v) is 4.81. The summed E-state index contributed by atoms with van der Waals surface area (Å²) in [6.07, 6.45) is 1.61. The summed E-state index contributed by atoms with van der Waals surface area (Å²) in [6, 6.07) is 12.0. The Labute approximate surface area is 128 Å². The largest absolute Gasteiger partial charge is 0.388 e. The lowest BCUT2D eigenvalue weighted by molar-refractivity contribution is -0.0105. The van der Waals surface area contributed by atoms with Crippen LogP contribution in [0.4, 0.5) is 0 Å². The average molecular weight is 301 g/mol. The van der Waals surface area contributed by atoms with E-state index < -0.39 is 5.60 Å². The lowest BCUT2D eigenvalue weighted by Gasteiger charge is -2.36. The lowest BCUT2D eigenvalue weighted by atomic mass is 9.95. The van der Waals surface area contributed by atoms with Gasteiger partial charge >= 0.3 is 0 Å². The summed E-state index contributed by atoms with van der Waals surface area (Å²) in [6.45, 7) is 2.94. The first-order valence-corrected chi connectivity index (χ1v) is 8.09. The van der Waals surface area contributed by atoms with Crippen LogP contribution in [0.1, 0.15) is 29.4 Å². The average Bonchev–Trinajstić information content (AvgIpc) is 2.95. The molecule has 2 heterocycles. The number of carbonyl (C=O) groups is 1. The molecule has 1 unspecified atom stereocenters. The van der Waals surface area contributed by atoms with E-state index in [4.69, 9.17) is 0 Å². The highest BCUT2D eigenvalue weighted by molar-refractivity contribution is 7.12. The van der Waals surface area contributed by atoms with Crippen molar-refractivity contribution in [3.8, 4) is 11.1 Å². The maximum absolute atomic E-state index is 12.8. The van der Waals surface area contributed by atoms with Gasteiger partial charge in [-0.15, -0.1) is 11.3 Å². The second-order valence-corrected chi connectivity index (χ2v) is 6.77. The summed E-state index contributed by atoms with van der Waals surface area (Å²) in [5, 5.41) is 12.1. The molecule has 0 spiro atoms. The number of aliphatic hydroxyl groups is 1. The number of β-amino-alcohol motifs (C(OH)–C–C–N with tert-alkyl or cyclic N) is 1. The number of thiophene rings is 1. The Kier molecular flexibility index (Phi) is 3.83. The minimum Gasteiger partial charge on any atom is -0.388 e. The molecule has 1 amide bonds. The summed E-state index contributed by atoms with van der Waals surface area (Å²) in [5.74, 6) is 0.0313. The van der Waals surface area contributed by atoms with Crippen LogP contribution in [0.5, 0.6) is 0 Å². The lowest BCUT2D eigenvalue weighted by Crippen LogP contribution is -2.48. The summed E-state index contributed by atoms with van der Waals surface area (Å²) in [5.41, 5.74) is 1.28. The zero-order chi connectivity index (χ0) is 14.9.